The van der Waals surface area contributed by atoms with E-state index < -0.39 is 5.97 Å². The Hall–Kier alpha value is -1.78. The lowest BCUT2D eigenvalue weighted by Gasteiger charge is -2.20. The zero-order valence-electron chi connectivity index (χ0n) is 11.3. The molecule has 18 heavy (non-hydrogen) atoms. The number of rotatable bonds is 6. The molecule has 0 spiro atoms. The molecule has 0 atom stereocenters. The van der Waals surface area contributed by atoms with Gasteiger partial charge < -0.3 is 15.4 Å². The number of ether oxygens (including phenoxy) is 1. The Morgan fingerprint density at radius 3 is 2.83 bits per heavy atom. The number of carbonyl (C=O) groups excluding carboxylic acids is 1. The number of pyridine rings is 1. The molecule has 0 saturated carbocycles. The van der Waals surface area contributed by atoms with E-state index in [2.05, 4.69) is 16.6 Å². The molecule has 0 radical (unpaired) electrons. The van der Waals surface area contributed by atoms with Crippen LogP contribution in [0.2, 0.25) is 0 Å². The minimum Gasteiger partial charge on any atom is -0.465 e. The van der Waals surface area contributed by atoms with Gasteiger partial charge in [-0.3, -0.25) is 0 Å². The van der Waals surface area contributed by atoms with Crippen LogP contribution in [0.25, 0.3) is 0 Å². The smallest absolute Gasteiger partial charge is 0.340 e. The predicted molar refractivity (Wildman–Crippen MR) is 72.8 cm³/mol. The summed E-state index contributed by atoms with van der Waals surface area (Å²) in [5, 5.41) is 0. The van der Waals surface area contributed by atoms with Crippen molar-refractivity contribution in [3.63, 3.8) is 0 Å². The highest BCUT2D eigenvalue weighted by Gasteiger charge is 2.15. The van der Waals surface area contributed by atoms with Crippen LogP contribution in [0.5, 0.6) is 0 Å². The third-order valence-electron chi connectivity index (χ3n) is 2.83. The van der Waals surface area contributed by atoms with Crippen molar-refractivity contribution < 1.29 is 9.53 Å². The normalized spacial score (nSPS) is 10.2. The molecule has 1 aromatic heterocycles. The maximum atomic E-state index is 11.5. The van der Waals surface area contributed by atoms with Crippen LogP contribution in [0.1, 0.15) is 36.5 Å². The molecule has 100 valence electrons. The van der Waals surface area contributed by atoms with Gasteiger partial charge in [0.2, 0.25) is 0 Å². The molecular weight excluding hydrogens is 230 g/mol. The molecule has 5 nitrogen and oxygen atoms in total. The number of hydrogen-bond donors (Lipinski definition) is 1. The molecule has 5 heteroatoms. The van der Waals surface area contributed by atoms with E-state index in [-0.39, 0.29) is 0 Å². The Morgan fingerprint density at radius 2 is 2.22 bits per heavy atom. The van der Waals surface area contributed by atoms with Gasteiger partial charge in [0.05, 0.1) is 18.4 Å². The fraction of sp³-hybridized carbons (Fsp3) is 0.538. The molecule has 2 N–H and O–H groups in total. The first kappa shape index (κ1) is 14.3. The summed E-state index contributed by atoms with van der Waals surface area (Å²) in [6.45, 7) is 3.03. The second-order valence-electron chi connectivity index (χ2n) is 4.22. The molecule has 0 unspecified atom stereocenters. The van der Waals surface area contributed by atoms with Gasteiger partial charge in [0.15, 0.2) is 5.82 Å². The summed E-state index contributed by atoms with van der Waals surface area (Å²) < 4.78 is 4.69. The standard InChI is InChI=1S/C13H21N3O2/c1-4-5-6-9-16(2)12-11(14)10(7-8-15-12)13(17)18-3/h7-8H,4-6,9,14H2,1-3H3. The van der Waals surface area contributed by atoms with Crippen LogP contribution in [0, 0.1) is 0 Å². The van der Waals surface area contributed by atoms with Crippen molar-refractivity contribution in [3.8, 4) is 0 Å². The van der Waals surface area contributed by atoms with E-state index >= 15 is 0 Å². The number of nitrogens with two attached hydrogens (primary N) is 1. The van der Waals surface area contributed by atoms with Gasteiger partial charge in [-0.25, -0.2) is 9.78 Å². The Balaban J connectivity index is 2.85. The third kappa shape index (κ3) is 3.35. The number of anilines is 2. The van der Waals surface area contributed by atoms with Crippen LogP contribution in [0.15, 0.2) is 12.3 Å². The fourth-order valence-corrected chi connectivity index (χ4v) is 1.76. The van der Waals surface area contributed by atoms with E-state index in [1.807, 2.05) is 11.9 Å². The fourth-order valence-electron chi connectivity index (χ4n) is 1.76. The van der Waals surface area contributed by atoms with Crippen LogP contribution in [0.3, 0.4) is 0 Å². The molecule has 1 heterocycles. The van der Waals surface area contributed by atoms with Gasteiger partial charge in [0.25, 0.3) is 0 Å². The Morgan fingerprint density at radius 1 is 1.50 bits per heavy atom. The van der Waals surface area contributed by atoms with Crippen molar-refractivity contribution in [1.29, 1.82) is 0 Å². The van der Waals surface area contributed by atoms with Crippen LogP contribution in [-0.4, -0.2) is 31.7 Å². The molecule has 1 rings (SSSR count). The number of methoxy groups -OCH3 is 1. The maximum Gasteiger partial charge on any atom is 0.340 e. The maximum absolute atomic E-state index is 11.5. The van der Waals surface area contributed by atoms with Crippen molar-refractivity contribution >= 4 is 17.5 Å². The highest BCUT2D eigenvalue weighted by molar-refractivity contribution is 5.97. The van der Waals surface area contributed by atoms with Crippen LogP contribution in [-0.2, 0) is 4.74 Å². The number of nitrogens with zero attached hydrogens (tertiary/aromatic N) is 2. The van der Waals surface area contributed by atoms with E-state index in [0.29, 0.717) is 17.1 Å². The first-order valence-electron chi connectivity index (χ1n) is 6.15. The Labute approximate surface area is 108 Å². The first-order valence-corrected chi connectivity index (χ1v) is 6.15. The summed E-state index contributed by atoms with van der Waals surface area (Å²) >= 11 is 0. The Kier molecular flexibility index (Phi) is 5.42. The van der Waals surface area contributed by atoms with Gasteiger partial charge in [-0.15, -0.1) is 0 Å². The molecule has 0 aromatic carbocycles. The van der Waals surface area contributed by atoms with Crippen molar-refractivity contribution in [2.45, 2.75) is 26.2 Å². The van der Waals surface area contributed by atoms with Crippen LogP contribution in [0.4, 0.5) is 11.5 Å². The van der Waals surface area contributed by atoms with E-state index in [0.717, 1.165) is 13.0 Å². The summed E-state index contributed by atoms with van der Waals surface area (Å²) in [4.78, 5) is 17.7. The molecule has 0 aliphatic rings. The zero-order valence-corrected chi connectivity index (χ0v) is 11.3. The van der Waals surface area contributed by atoms with Gasteiger partial charge in [0, 0.05) is 19.8 Å². The van der Waals surface area contributed by atoms with Gasteiger partial charge in [-0.05, 0) is 12.5 Å². The molecular formula is C13H21N3O2. The second kappa shape index (κ2) is 6.83. The number of unbranched alkanes of at least 4 members (excludes halogenated alkanes) is 2. The number of carbonyl (C=O) groups is 1. The number of aromatic nitrogens is 1. The molecule has 0 aliphatic heterocycles. The molecule has 0 aliphatic carbocycles. The van der Waals surface area contributed by atoms with E-state index in [9.17, 15) is 4.79 Å². The predicted octanol–water partition coefficient (Wildman–Crippen LogP) is 2.08. The topological polar surface area (TPSA) is 68.5 Å². The average molecular weight is 251 g/mol. The summed E-state index contributed by atoms with van der Waals surface area (Å²) in [5.41, 5.74) is 6.70. The Bertz CT molecular complexity index is 407. The van der Waals surface area contributed by atoms with E-state index in [1.165, 1.54) is 20.0 Å². The number of esters is 1. The lowest BCUT2D eigenvalue weighted by molar-refractivity contribution is 0.0602. The molecule has 1 aromatic rings. The summed E-state index contributed by atoms with van der Waals surface area (Å²) in [6, 6.07) is 1.57. The van der Waals surface area contributed by atoms with Crippen molar-refractivity contribution in [2.75, 3.05) is 31.3 Å². The highest BCUT2D eigenvalue weighted by atomic mass is 16.5. The molecule has 0 amide bonds. The second-order valence-corrected chi connectivity index (χ2v) is 4.22. The van der Waals surface area contributed by atoms with E-state index in [1.54, 1.807) is 12.3 Å². The third-order valence-corrected chi connectivity index (χ3v) is 2.83. The summed E-state index contributed by atoms with van der Waals surface area (Å²) in [5.74, 6) is 0.201. The largest absolute Gasteiger partial charge is 0.465 e. The SMILES string of the molecule is CCCCCN(C)c1nccc(C(=O)OC)c1N. The minimum absolute atomic E-state index is 0.366. The molecule has 0 saturated heterocycles. The van der Waals surface area contributed by atoms with E-state index in [4.69, 9.17) is 5.73 Å². The highest BCUT2D eigenvalue weighted by Crippen LogP contribution is 2.23. The first-order chi connectivity index (χ1) is 8.61. The number of nitrogen functional groups attached to an aromatic ring is 1. The number of hydrogen-bond acceptors (Lipinski definition) is 5. The van der Waals surface area contributed by atoms with Gasteiger partial charge in [0.1, 0.15) is 0 Å². The molecule has 0 fully saturated rings. The van der Waals surface area contributed by atoms with Crippen LogP contribution < -0.4 is 10.6 Å². The average Bonchev–Trinajstić information content (AvgIpc) is 2.38. The minimum atomic E-state index is -0.432. The van der Waals surface area contributed by atoms with Crippen molar-refractivity contribution in [3.05, 3.63) is 17.8 Å². The quantitative estimate of drug-likeness (QED) is 0.619. The lowest BCUT2D eigenvalue weighted by atomic mass is 10.2. The van der Waals surface area contributed by atoms with Gasteiger partial charge in [-0.2, -0.15) is 0 Å². The summed E-state index contributed by atoms with van der Waals surface area (Å²) in [7, 11) is 3.27. The van der Waals surface area contributed by atoms with Crippen molar-refractivity contribution in [2.24, 2.45) is 0 Å². The zero-order chi connectivity index (χ0) is 13.5. The van der Waals surface area contributed by atoms with Gasteiger partial charge in [-0.1, -0.05) is 19.8 Å². The summed E-state index contributed by atoms with van der Waals surface area (Å²) in [6.07, 6.45) is 4.99. The van der Waals surface area contributed by atoms with Crippen molar-refractivity contribution in [1.82, 2.24) is 4.98 Å². The monoisotopic (exact) mass is 251 g/mol. The lowest BCUT2D eigenvalue weighted by Crippen LogP contribution is -2.22. The van der Waals surface area contributed by atoms with Crippen LogP contribution >= 0.6 is 0 Å². The molecule has 0 bridgehead atoms. The van der Waals surface area contributed by atoms with Gasteiger partial charge >= 0.3 is 5.97 Å².